The van der Waals surface area contributed by atoms with E-state index in [2.05, 4.69) is 20.4 Å². The van der Waals surface area contributed by atoms with Gasteiger partial charge in [0.05, 0.1) is 16.8 Å². The lowest BCUT2D eigenvalue weighted by Crippen LogP contribution is -2.31. The number of benzene rings is 1. The molecule has 1 atom stereocenters. The average molecular weight is 541 g/mol. The molecule has 2 N–H and O–H groups in total. The van der Waals surface area contributed by atoms with Gasteiger partial charge in [-0.05, 0) is 45.4 Å². The van der Waals surface area contributed by atoms with E-state index in [4.69, 9.17) is 16.3 Å². The summed E-state index contributed by atoms with van der Waals surface area (Å²) < 4.78 is 64.5. The van der Waals surface area contributed by atoms with E-state index in [9.17, 15) is 18.3 Å². The van der Waals surface area contributed by atoms with Gasteiger partial charge in [-0.1, -0.05) is 11.6 Å². The SMILES string of the molecule is Cc1ccnc(Cl)c1Nc1nn(C)c2c(F)c(-c3cn(C)c(C(C)(C)O)n3)cc(O[C@@H](C)C(F)(F)F)c12. The zero-order valence-corrected chi connectivity index (χ0v) is 21.6. The molecule has 0 bridgehead atoms. The highest BCUT2D eigenvalue weighted by Gasteiger charge is 2.39. The van der Waals surface area contributed by atoms with E-state index in [-0.39, 0.29) is 44.7 Å². The van der Waals surface area contributed by atoms with Crippen molar-refractivity contribution < 1.29 is 27.4 Å². The van der Waals surface area contributed by atoms with Gasteiger partial charge in [0, 0.05) is 32.1 Å². The average Bonchev–Trinajstić information content (AvgIpc) is 3.32. The predicted octanol–water partition coefficient (Wildman–Crippen LogP) is 5.77. The van der Waals surface area contributed by atoms with Crippen LogP contribution in [0.4, 0.5) is 29.1 Å². The van der Waals surface area contributed by atoms with Crippen LogP contribution in [-0.4, -0.2) is 41.7 Å². The van der Waals surface area contributed by atoms with Gasteiger partial charge in [-0.2, -0.15) is 18.3 Å². The second-order valence-corrected chi connectivity index (χ2v) is 9.63. The molecule has 0 saturated carbocycles. The molecule has 4 aromatic rings. The van der Waals surface area contributed by atoms with Crippen molar-refractivity contribution in [3.63, 3.8) is 0 Å². The first kappa shape index (κ1) is 26.7. The van der Waals surface area contributed by atoms with Gasteiger partial charge in [0.2, 0.25) is 0 Å². The Morgan fingerprint density at radius 2 is 1.89 bits per heavy atom. The van der Waals surface area contributed by atoms with Crippen LogP contribution in [0, 0.1) is 12.7 Å². The second-order valence-electron chi connectivity index (χ2n) is 9.27. The number of nitrogens with one attached hydrogen (secondary N) is 1. The number of rotatable bonds is 6. The van der Waals surface area contributed by atoms with Gasteiger partial charge >= 0.3 is 6.18 Å². The molecule has 0 radical (unpaired) electrons. The number of alkyl halides is 3. The third-order valence-electron chi connectivity index (χ3n) is 5.83. The summed E-state index contributed by atoms with van der Waals surface area (Å²) in [6.07, 6.45) is -3.91. The molecule has 0 saturated heterocycles. The van der Waals surface area contributed by atoms with E-state index < -0.39 is 23.7 Å². The summed E-state index contributed by atoms with van der Waals surface area (Å²) in [6, 6.07) is 2.84. The molecule has 0 fully saturated rings. The first-order valence-electron chi connectivity index (χ1n) is 11.2. The van der Waals surface area contributed by atoms with E-state index >= 15 is 4.39 Å². The fraction of sp³-hybridized carbons (Fsp3) is 0.375. The van der Waals surface area contributed by atoms with Crippen LogP contribution >= 0.6 is 11.6 Å². The van der Waals surface area contributed by atoms with Crippen LogP contribution in [0.5, 0.6) is 5.75 Å². The first-order valence-corrected chi connectivity index (χ1v) is 11.5. The maximum Gasteiger partial charge on any atom is 0.425 e. The highest BCUT2D eigenvalue weighted by molar-refractivity contribution is 6.32. The Morgan fingerprint density at radius 3 is 2.46 bits per heavy atom. The predicted molar refractivity (Wildman–Crippen MR) is 132 cm³/mol. The first-order chi connectivity index (χ1) is 17.1. The minimum atomic E-state index is -4.68. The number of halogens is 5. The molecule has 0 aliphatic carbocycles. The van der Waals surface area contributed by atoms with Crippen molar-refractivity contribution in [2.24, 2.45) is 14.1 Å². The molecule has 0 spiro atoms. The summed E-state index contributed by atoms with van der Waals surface area (Å²) in [5, 5.41) is 17.8. The van der Waals surface area contributed by atoms with E-state index in [1.54, 1.807) is 20.0 Å². The Labute approximate surface area is 214 Å². The smallest absolute Gasteiger partial charge is 0.425 e. The molecule has 1 aromatic carbocycles. The third kappa shape index (κ3) is 4.95. The summed E-state index contributed by atoms with van der Waals surface area (Å²) in [5.74, 6) is -0.773. The lowest BCUT2D eigenvalue weighted by molar-refractivity contribution is -0.188. The number of imidazole rings is 1. The van der Waals surface area contributed by atoms with Crippen LogP contribution in [0.25, 0.3) is 22.2 Å². The van der Waals surface area contributed by atoms with Gasteiger partial charge < -0.3 is 19.7 Å². The fourth-order valence-corrected chi connectivity index (χ4v) is 4.24. The van der Waals surface area contributed by atoms with Crippen LogP contribution in [0.1, 0.15) is 32.2 Å². The number of anilines is 2. The fourth-order valence-electron chi connectivity index (χ4n) is 3.99. The summed E-state index contributed by atoms with van der Waals surface area (Å²) in [6.45, 7) is 5.64. The van der Waals surface area contributed by atoms with Crippen molar-refractivity contribution in [3.8, 4) is 17.0 Å². The molecule has 198 valence electrons. The lowest BCUT2D eigenvalue weighted by atomic mass is 10.1. The number of fused-ring (bicyclic) bond motifs is 1. The van der Waals surface area contributed by atoms with Gasteiger partial charge in [0.1, 0.15) is 22.7 Å². The summed E-state index contributed by atoms with van der Waals surface area (Å²) in [5.41, 5.74) is -0.420. The van der Waals surface area contributed by atoms with Crippen molar-refractivity contribution in [1.29, 1.82) is 0 Å². The van der Waals surface area contributed by atoms with Crippen LogP contribution in [0.15, 0.2) is 24.5 Å². The number of hydrogen-bond donors (Lipinski definition) is 2. The monoisotopic (exact) mass is 540 g/mol. The summed E-state index contributed by atoms with van der Waals surface area (Å²) in [7, 11) is 3.07. The maximum atomic E-state index is 16.0. The number of hydrogen-bond acceptors (Lipinski definition) is 6. The number of aryl methyl sites for hydroxylation is 3. The van der Waals surface area contributed by atoms with E-state index in [0.717, 1.165) is 13.0 Å². The molecule has 8 nitrogen and oxygen atoms in total. The van der Waals surface area contributed by atoms with E-state index in [1.807, 2.05) is 0 Å². The maximum absolute atomic E-state index is 16.0. The summed E-state index contributed by atoms with van der Waals surface area (Å²) in [4.78, 5) is 8.35. The quantitative estimate of drug-likeness (QED) is 0.238. The summed E-state index contributed by atoms with van der Waals surface area (Å²) >= 11 is 6.22. The molecule has 0 aliphatic rings. The Bertz CT molecular complexity index is 1470. The number of aromatic nitrogens is 5. The van der Waals surface area contributed by atoms with Crippen LogP contribution in [0.3, 0.4) is 0 Å². The molecule has 3 heterocycles. The van der Waals surface area contributed by atoms with Crippen molar-refractivity contribution in [2.45, 2.75) is 45.6 Å². The van der Waals surface area contributed by atoms with E-state index in [1.165, 1.54) is 42.5 Å². The number of nitrogens with zero attached hydrogens (tertiary/aromatic N) is 5. The van der Waals surface area contributed by atoms with Gasteiger partial charge in [-0.3, -0.25) is 4.68 Å². The van der Waals surface area contributed by atoms with E-state index in [0.29, 0.717) is 11.3 Å². The molecule has 0 aliphatic heterocycles. The van der Waals surface area contributed by atoms with Gasteiger partial charge in [0.15, 0.2) is 22.9 Å². The van der Waals surface area contributed by atoms with Crippen LogP contribution in [-0.2, 0) is 19.7 Å². The Morgan fingerprint density at radius 1 is 1.22 bits per heavy atom. The van der Waals surface area contributed by atoms with Crippen molar-refractivity contribution in [2.75, 3.05) is 5.32 Å². The van der Waals surface area contributed by atoms with Gasteiger partial charge in [-0.25, -0.2) is 14.4 Å². The molecule has 0 unspecified atom stereocenters. The minimum Gasteiger partial charge on any atom is -0.480 e. The highest BCUT2D eigenvalue weighted by atomic mass is 35.5. The number of pyridine rings is 1. The largest absolute Gasteiger partial charge is 0.480 e. The molecule has 37 heavy (non-hydrogen) atoms. The molecule has 0 amide bonds. The normalized spacial score (nSPS) is 13.3. The lowest BCUT2D eigenvalue weighted by Gasteiger charge is -2.19. The number of aliphatic hydroxyl groups is 1. The molecular weight excluding hydrogens is 516 g/mol. The molecule has 3 aromatic heterocycles. The number of ether oxygens (including phenoxy) is 1. The van der Waals surface area contributed by atoms with Crippen molar-refractivity contribution in [1.82, 2.24) is 24.3 Å². The third-order valence-corrected chi connectivity index (χ3v) is 6.12. The Hall–Kier alpha value is -3.38. The topological polar surface area (TPSA) is 90.0 Å². The standard InChI is InChI=1S/C24H25ClF4N6O2/c1-11-7-8-30-20(25)18(11)32-21-16-15(37-12(2)24(27,28)29)9-13(17(26)19(16)35(6)33-21)14-10-34(5)22(31-14)23(3,4)36/h7-10,12,36H,1-6H3,(H,32,33)/t12-/m0/s1. The molecule has 4 rings (SSSR count). The second kappa shape index (κ2) is 9.18. The minimum absolute atomic E-state index is 0.0159. The zero-order valence-electron chi connectivity index (χ0n) is 20.9. The zero-order chi connectivity index (χ0) is 27.4. The van der Waals surface area contributed by atoms with Crippen molar-refractivity contribution in [3.05, 3.63) is 46.9 Å². The Kier molecular flexibility index (Phi) is 6.62. The Balaban J connectivity index is 1.98. The van der Waals surface area contributed by atoms with Crippen LogP contribution in [0.2, 0.25) is 5.15 Å². The van der Waals surface area contributed by atoms with Crippen LogP contribution < -0.4 is 10.1 Å². The highest BCUT2D eigenvalue weighted by Crippen LogP contribution is 2.42. The van der Waals surface area contributed by atoms with Gasteiger partial charge in [0.25, 0.3) is 0 Å². The molecular formula is C24H25ClF4N6O2. The van der Waals surface area contributed by atoms with Gasteiger partial charge in [-0.15, -0.1) is 0 Å². The van der Waals surface area contributed by atoms with Crippen molar-refractivity contribution >= 4 is 34.0 Å². The molecule has 13 heteroatoms.